The molecule has 2 aromatic rings. The van der Waals surface area contributed by atoms with Crippen LogP contribution in [0.1, 0.15) is 19.2 Å². The number of imidazole rings is 1. The first-order valence-corrected chi connectivity index (χ1v) is 5.27. The number of aromatic amines is 1. The molecule has 4 nitrogen and oxygen atoms in total. The molecule has 2 heterocycles. The third-order valence-corrected chi connectivity index (χ3v) is 2.14. The van der Waals surface area contributed by atoms with Crippen LogP contribution in [0.5, 0.6) is 0 Å². The van der Waals surface area contributed by atoms with E-state index in [1.165, 1.54) is 0 Å². The smallest absolute Gasteiger partial charge is 0.177 e. The Balaban J connectivity index is 1.97. The average Bonchev–Trinajstić information content (AvgIpc) is 2.67. The van der Waals surface area contributed by atoms with E-state index in [1.807, 2.05) is 12.1 Å². The van der Waals surface area contributed by atoms with E-state index in [2.05, 4.69) is 21.9 Å². The van der Waals surface area contributed by atoms with E-state index in [9.17, 15) is 0 Å². The van der Waals surface area contributed by atoms with E-state index in [4.69, 9.17) is 4.74 Å². The normalized spacial score (nSPS) is 11.0. The van der Waals surface area contributed by atoms with Gasteiger partial charge in [-0.1, -0.05) is 6.92 Å². The number of H-pyrrole nitrogens is 1. The standard InChI is InChI=1S/C11H15N3O/c1-2-7-15-8-5-10-13-9-4-3-6-12-11(9)14-10/h3-4,6H,2,5,7-8H2,1H3,(H,12,13,14). The topological polar surface area (TPSA) is 50.8 Å². The van der Waals surface area contributed by atoms with Crippen molar-refractivity contribution in [3.8, 4) is 0 Å². The molecule has 1 N–H and O–H groups in total. The SMILES string of the molecule is CCCOCCc1nc2ncccc2[nH]1. The average molecular weight is 205 g/mol. The Morgan fingerprint density at radius 1 is 1.40 bits per heavy atom. The van der Waals surface area contributed by atoms with Crippen molar-refractivity contribution in [1.29, 1.82) is 0 Å². The summed E-state index contributed by atoms with van der Waals surface area (Å²) in [5.41, 5.74) is 1.77. The van der Waals surface area contributed by atoms with E-state index in [1.54, 1.807) is 6.20 Å². The van der Waals surface area contributed by atoms with Gasteiger partial charge < -0.3 is 9.72 Å². The summed E-state index contributed by atoms with van der Waals surface area (Å²) in [6, 6.07) is 3.88. The van der Waals surface area contributed by atoms with Gasteiger partial charge in [0.15, 0.2) is 5.65 Å². The lowest BCUT2D eigenvalue weighted by Crippen LogP contribution is -2.00. The lowest BCUT2D eigenvalue weighted by atomic mass is 10.4. The molecule has 0 saturated carbocycles. The highest BCUT2D eigenvalue weighted by molar-refractivity contribution is 5.69. The highest BCUT2D eigenvalue weighted by Gasteiger charge is 2.01. The molecule has 15 heavy (non-hydrogen) atoms. The Hall–Kier alpha value is -1.42. The molecule has 4 heteroatoms. The predicted octanol–water partition coefficient (Wildman–Crippen LogP) is 1.93. The molecule has 0 aliphatic rings. The second kappa shape index (κ2) is 4.89. The van der Waals surface area contributed by atoms with Crippen molar-refractivity contribution in [2.75, 3.05) is 13.2 Å². The zero-order valence-corrected chi connectivity index (χ0v) is 8.86. The maximum Gasteiger partial charge on any atom is 0.177 e. The van der Waals surface area contributed by atoms with Crippen LogP contribution in [-0.4, -0.2) is 28.2 Å². The van der Waals surface area contributed by atoms with E-state index in [-0.39, 0.29) is 0 Å². The largest absolute Gasteiger partial charge is 0.381 e. The monoisotopic (exact) mass is 205 g/mol. The maximum atomic E-state index is 5.40. The Labute approximate surface area is 88.7 Å². The van der Waals surface area contributed by atoms with Crippen LogP contribution in [0.4, 0.5) is 0 Å². The molecule has 0 fully saturated rings. The van der Waals surface area contributed by atoms with Gasteiger partial charge in [0.2, 0.25) is 0 Å². The Morgan fingerprint density at radius 2 is 2.33 bits per heavy atom. The van der Waals surface area contributed by atoms with Crippen molar-refractivity contribution in [3.05, 3.63) is 24.2 Å². The molecule has 0 radical (unpaired) electrons. The molecular weight excluding hydrogens is 190 g/mol. The van der Waals surface area contributed by atoms with Crippen LogP contribution in [-0.2, 0) is 11.2 Å². The van der Waals surface area contributed by atoms with Crippen LogP contribution >= 0.6 is 0 Å². The molecule has 0 atom stereocenters. The van der Waals surface area contributed by atoms with E-state index >= 15 is 0 Å². The third kappa shape index (κ3) is 2.53. The minimum atomic E-state index is 0.716. The molecule has 0 spiro atoms. The van der Waals surface area contributed by atoms with E-state index in [0.717, 1.165) is 36.4 Å². The molecule has 0 bridgehead atoms. The molecule has 2 aromatic heterocycles. The lowest BCUT2D eigenvalue weighted by molar-refractivity contribution is 0.137. The second-order valence-electron chi connectivity index (χ2n) is 3.42. The fourth-order valence-corrected chi connectivity index (χ4v) is 1.43. The van der Waals surface area contributed by atoms with Gasteiger partial charge >= 0.3 is 0 Å². The Bertz CT molecular complexity index is 391. The molecule has 0 aromatic carbocycles. The molecule has 0 aliphatic carbocycles. The zero-order chi connectivity index (χ0) is 10.5. The van der Waals surface area contributed by atoms with E-state index in [0.29, 0.717) is 6.61 Å². The van der Waals surface area contributed by atoms with Crippen molar-refractivity contribution < 1.29 is 4.74 Å². The van der Waals surface area contributed by atoms with Gasteiger partial charge in [0.1, 0.15) is 5.82 Å². The van der Waals surface area contributed by atoms with Crippen LogP contribution in [0.3, 0.4) is 0 Å². The molecule has 0 aliphatic heterocycles. The van der Waals surface area contributed by atoms with Gasteiger partial charge in [0, 0.05) is 19.2 Å². The molecule has 0 saturated heterocycles. The number of ether oxygens (including phenoxy) is 1. The third-order valence-electron chi connectivity index (χ3n) is 2.14. The maximum absolute atomic E-state index is 5.40. The quantitative estimate of drug-likeness (QED) is 0.759. The minimum absolute atomic E-state index is 0.716. The summed E-state index contributed by atoms with van der Waals surface area (Å²) in [5, 5.41) is 0. The summed E-state index contributed by atoms with van der Waals surface area (Å²) >= 11 is 0. The molecule has 80 valence electrons. The highest BCUT2D eigenvalue weighted by atomic mass is 16.5. The number of hydrogen-bond acceptors (Lipinski definition) is 3. The van der Waals surface area contributed by atoms with Crippen molar-refractivity contribution >= 4 is 11.2 Å². The number of nitrogens with zero attached hydrogens (tertiary/aromatic N) is 2. The van der Waals surface area contributed by atoms with Gasteiger partial charge in [-0.3, -0.25) is 0 Å². The zero-order valence-electron chi connectivity index (χ0n) is 8.86. The van der Waals surface area contributed by atoms with Gasteiger partial charge in [-0.2, -0.15) is 0 Å². The van der Waals surface area contributed by atoms with Gasteiger partial charge in [-0.15, -0.1) is 0 Å². The van der Waals surface area contributed by atoms with Crippen molar-refractivity contribution in [3.63, 3.8) is 0 Å². The summed E-state index contributed by atoms with van der Waals surface area (Å²) < 4.78 is 5.40. The number of fused-ring (bicyclic) bond motifs is 1. The van der Waals surface area contributed by atoms with Crippen molar-refractivity contribution in [1.82, 2.24) is 15.0 Å². The Morgan fingerprint density at radius 3 is 3.13 bits per heavy atom. The van der Waals surface area contributed by atoms with E-state index < -0.39 is 0 Å². The summed E-state index contributed by atoms with van der Waals surface area (Å²) in [5.74, 6) is 0.944. The molecule has 2 rings (SSSR count). The van der Waals surface area contributed by atoms with Gasteiger partial charge in [0.25, 0.3) is 0 Å². The van der Waals surface area contributed by atoms with Crippen LogP contribution in [0.15, 0.2) is 18.3 Å². The fourth-order valence-electron chi connectivity index (χ4n) is 1.43. The number of pyridine rings is 1. The first kappa shape index (κ1) is 10.1. The summed E-state index contributed by atoms with van der Waals surface area (Å²) in [6.07, 6.45) is 3.62. The van der Waals surface area contributed by atoms with Crippen molar-refractivity contribution in [2.45, 2.75) is 19.8 Å². The van der Waals surface area contributed by atoms with Crippen molar-refractivity contribution in [2.24, 2.45) is 0 Å². The minimum Gasteiger partial charge on any atom is -0.381 e. The van der Waals surface area contributed by atoms with Crippen LogP contribution in [0, 0.1) is 0 Å². The molecule has 0 unspecified atom stereocenters. The van der Waals surface area contributed by atoms with Gasteiger partial charge in [0.05, 0.1) is 12.1 Å². The fraction of sp³-hybridized carbons (Fsp3) is 0.455. The first-order valence-electron chi connectivity index (χ1n) is 5.27. The van der Waals surface area contributed by atoms with Gasteiger partial charge in [-0.05, 0) is 18.6 Å². The Kier molecular flexibility index (Phi) is 3.29. The summed E-state index contributed by atoms with van der Waals surface area (Å²) in [6.45, 7) is 3.64. The van der Waals surface area contributed by atoms with Crippen LogP contribution in [0.25, 0.3) is 11.2 Å². The number of hydrogen-bond donors (Lipinski definition) is 1. The molecule has 0 amide bonds. The molecular formula is C11H15N3O. The van der Waals surface area contributed by atoms with Crippen LogP contribution in [0.2, 0.25) is 0 Å². The first-order chi connectivity index (χ1) is 7.40. The summed E-state index contributed by atoms with van der Waals surface area (Å²) in [4.78, 5) is 11.7. The highest BCUT2D eigenvalue weighted by Crippen LogP contribution is 2.07. The van der Waals surface area contributed by atoms with Crippen LogP contribution < -0.4 is 0 Å². The van der Waals surface area contributed by atoms with Gasteiger partial charge in [-0.25, -0.2) is 9.97 Å². The number of nitrogens with one attached hydrogen (secondary N) is 1. The second-order valence-corrected chi connectivity index (χ2v) is 3.42. The predicted molar refractivity (Wildman–Crippen MR) is 58.7 cm³/mol. The summed E-state index contributed by atoms with van der Waals surface area (Å²) in [7, 11) is 0. The number of aromatic nitrogens is 3. The number of rotatable bonds is 5. The lowest BCUT2D eigenvalue weighted by Gasteiger charge is -1.98.